The molecule has 0 fully saturated rings. The Hall–Kier alpha value is -1.94. The largest absolute Gasteiger partial charge is 0.328 e. The van der Waals surface area contributed by atoms with Gasteiger partial charge in [0.05, 0.1) is 11.9 Å². The minimum atomic E-state index is 0.750. The summed E-state index contributed by atoms with van der Waals surface area (Å²) in [5, 5.41) is 3.26. The van der Waals surface area contributed by atoms with Crippen LogP contribution in [-0.2, 0) is 13.0 Å². The number of hydrogen-bond donors (Lipinski definition) is 1. The maximum atomic E-state index is 4.63. The lowest BCUT2D eigenvalue weighted by atomic mass is 10.1. The van der Waals surface area contributed by atoms with E-state index in [2.05, 4.69) is 58.3 Å². The first-order valence-corrected chi connectivity index (χ1v) is 7.09. The van der Waals surface area contributed by atoms with Crippen LogP contribution < -0.4 is 10.2 Å². The number of benzene rings is 1. The summed E-state index contributed by atoms with van der Waals surface area (Å²) in [6, 6.07) is 8.55. The average Bonchev–Trinajstić information content (AvgIpc) is 2.52. The summed E-state index contributed by atoms with van der Waals surface area (Å²) in [4.78, 5) is 11.0. The Labute approximate surface area is 120 Å². The molecule has 0 radical (unpaired) electrons. The van der Waals surface area contributed by atoms with Gasteiger partial charge in [-0.25, -0.2) is 4.98 Å². The van der Waals surface area contributed by atoms with E-state index in [4.69, 9.17) is 0 Å². The van der Waals surface area contributed by atoms with Crippen molar-refractivity contribution in [3.05, 3.63) is 47.9 Å². The summed E-state index contributed by atoms with van der Waals surface area (Å²) in [7, 11) is 2.02. The molecule has 4 heteroatoms. The summed E-state index contributed by atoms with van der Waals surface area (Å²) in [5.41, 5.74) is 3.42. The topological polar surface area (TPSA) is 41.1 Å². The minimum absolute atomic E-state index is 0.750. The molecule has 2 rings (SSSR count). The second kappa shape index (κ2) is 7.01. The van der Waals surface area contributed by atoms with E-state index in [1.165, 1.54) is 5.56 Å². The predicted molar refractivity (Wildman–Crippen MR) is 83.3 cm³/mol. The molecule has 1 aromatic heterocycles. The van der Waals surface area contributed by atoms with Crippen molar-refractivity contribution in [1.29, 1.82) is 0 Å². The third-order valence-electron chi connectivity index (χ3n) is 3.30. The van der Waals surface area contributed by atoms with E-state index in [-0.39, 0.29) is 0 Å². The molecule has 0 bridgehead atoms. The van der Waals surface area contributed by atoms with Crippen LogP contribution in [0.4, 0.5) is 11.5 Å². The van der Waals surface area contributed by atoms with Crippen molar-refractivity contribution in [2.24, 2.45) is 0 Å². The standard InChI is InChI=1S/C16H22N4/c1-4-13-6-8-15(9-7-13)20(3)16-12-18-11-14(19-16)10-17-5-2/h6-9,11-12,17H,4-5,10H2,1-3H3. The number of nitrogens with zero attached hydrogens (tertiary/aromatic N) is 3. The molecule has 0 aliphatic heterocycles. The Balaban J connectivity index is 2.16. The third-order valence-corrected chi connectivity index (χ3v) is 3.30. The molecule has 1 heterocycles. The highest BCUT2D eigenvalue weighted by molar-refractivity contribution is 5.58. The van der Waals surface area contributed by atoms with Crippen LogP contribution in [0.25, 0.3) is 0 Å². The number of anilines is 2. The van der Waals surface area contributed by atoms with Crippen LogP contribution in [0.2, 0.25) is 0 Å². The fraction of sp³-hybridized carbons (Fsp3) is 0.375. The molecule has 1 N–H and O–H groups in total. The molecule has 0 saturated carbocycles. The minimum Gasteiger partial charge on any atom is -0.328 e. The van der Waals surface area contributed by atoms with Gasteiger partial charge >= 0.3 is 0 Å². The number of nitrogens with one attached hydrogen (secondary N) is 1. The second-order valence-electron chi connectivity index (χ2n) is 4.73. The van der Waals surface area contributed by atoms with Crippen LogP contribution in [0.1, 0.15) is 25.1 Å². The lowest BCUT2D eigenvalue weighted by molar-refractivity contribution is 0.707. The van der Waals surface area contributed by atoms with Gasteiger partial charge in [0.1, 0.15) is 0 Å². The summed E-state index contributed by atoms with van der Waals surface area (Å²) < 4.78 is 0. The van der Waals surface area contributed by atoms with Crippen molar-refractivity contribution in [2.75, 3.05) is 18.5 Å². The van der Waals surface area contributed by atoms with E-state index >= 15 is 0 Å². The van der Waals surface area contributed by atoms with Crippen molar-refractivity contribution in [1.82, 2.24) is 15.3 Å². The first kappa shape index (κ1) is 14.5. The van der Waals surface area contributed by atoms with Gasteiger partial charge in [-0.05, 0) is 30.7 Å². The summed E-state index contributed by atoms with van der Waals surface area (Å²) in [6.45, 7) is 5.92. The van der Waals surface area contributed by atoms with E-state index < -0.39 is 0 Å². The molecule has 0 saturated heterocycles. The summed E-state index contributed by atoms with van der Waals surface area (Å²) >= 11 is 0. The van der Waals surface area contributed by atoms with Crippen molar-refractivity contribution in [2.45, 2.75) is 26.8 Å². The maximum absolute atomic E-state index is 4.63. The van der Waals surface area contributed by atoms with Crippen LogP contribution >= 0.6 is 0 Å². The molecule has 0 unspecified atom stereocenters. The van der Waals surface area contributed by atoms with Gasteiger partial charge in [-0.3, -0.25) is 4.98 Å². The molecule has 0 aliphatic rings. The van der Waals surface area contributed by atoms with Crippen LogP contribution in [0, 0.1) is 0 Å². The molecule has 106 valence electrons. The average molecular weight is 270 g/mol. The Kier molecular flexibility index (Phi) is 5.07. The zero-order valence-electron chi connectivity index (χ0n) is 12.4. The van der Waals surface area contributed by atoms with Gasteiger partial charge in [0.15, 0.2) is 5.82 Å². The quantitative estimate of drug-likeness (QED) is 0.876. The van der Waals surface area contributed by atoms with E-state index in [0.717, 1.165) is 36.7 Å². The zero-order chi connectivity index (χ0) is 14.4. The zero-order valence-corrected chi connectivity index (χ0v) is 12.4. The van der Waals surface area contributed by atoms with Gasteiger partial charge < -0.3 is 10.2 Å². The summed E-state index contributed by atoms with van der Waals surface area (Å²) in [5.74, 6) is 0.865. The fourth-order valence-electron chi connectivity index (χ4n) is 1.98. The molecule has 0 atom stereocenters. The van der Waals surface area contributed by atoms with Crippen LogP contribution in [0.3, 0.4) is 0 Å². The molecule has 2 aromatic rings. The Morgan fingerprint density at radius 2 is 1.85 bits per heavy atom. The molecule has 20 heavy (non-hydrogen) atoms. The monoisotopic (exact) mass is 270 g/mol. The van der Waals surface area contributed by atoms with E-state index in [9.17, 15) is 0 Å². The molecule has 4 nitrogen and oxygen atoms in total. The second-order valence-corrected chi connectivity index (χ2v) is 4.73. The Morgan fingerprint density at radius 3 is 2.50 bits per heavy atom. The van der Waals surface area contributed by atoms with Crippen molar-refractivity contribution >= 4 is 11.5 Å². The molecule has 0 spiro atoms. The smallest absolute Gasteiger partial charge is 0.151 e. The van der Waals surface area contributed by atoms with E-state index in [1.54, 1.807) is 12.4 Å². The molecule has 0 aliphatic carbocycles. The molecular weight excluding hydrogens is 248 g/mol. The predicted octanol–water partition coefficient (Wildman–Crippen LogP) is 2.92. The number of hydrogen-bond acceptors (Lipinski definition) is 4. The highest BCUT2D eigenvalue weighted by atomic mass is 15.2. The van der Waals surface area contributed by atoms with Gasteiger partial charge in [0, 0.05) is 25.5 Å². The SMILES string of the molecule is CCNCc1cncc(N(C)c2ccc(CC)cc2)n1. The third kappa shape index (κ3) is 3.54. The molecule has 0 amide bonds. The van der Waals surface area contributed by atoms with Crippen LogP contribution in [0.5, 0.6) is 0 Å². The van der Waals surface area contributed by atoms with Crippen molar-refractivity contribution in [3.63, 3.8) is 0 Å². The van der Waals surface area contributed by atoms with Crippen molar-refractivity contribution in [3.8, 4) is 0 Å². The highest BCUT2D eigenvalue weighted by Gasteiger charge is 2.06. The van der Waals surface area contributed by atoms with Crippen molar-refractivity contribution < 1.29 is 0 Å². The van der Waals surface area contributed by atoms with Gasteiger partial charge in [0.25, 0.3) is 0 Å². The fourth-order valence-corrected chi connectivity index (χ4v) is 1.98. The molecular formula is C16H22N4. The maximum Gasteiger partial charge on any atom is 0.151 e. The molecule has 1 aromatic carbocycles. The Bertz CT molecular complexity index is 536. The van der Waals surface area contributed by atoms with E-state index in [0.29, 0.717) is 0 Å². The van der Waals surface area contributed by atoms with Crippen LogP contribution in [-0.4, -0.2) is 23.6 Å². The first-order valence-electron chi connectivity index (χ1n) is 7.09. The number of aromatic nitrogens is 2. The van der Waals surface area contributed by atoms with E-state index in [1.807, 2.05) is 7.05 Å². The lowest BCUT2D eigenvalue weighted by Crippen LogP contribution is -2.16. The summed E-state index contributed by atoms with van der Waals surface area (Å²) in [6.07, 6.45) is 4.66. The number of rotatable bonds is 6. The Morgan fingerprint density at radius 1 is 1.10 bits per heavy atom. The normalized spacial score (nSPS) is 10.6. The van der Waals surface area contributed by atoms with Crippen LogP contribution in [0.15, 0.2) is 36.7 Å². The van der Waals surface area contributed by atoms with Gasteiger partial charge in [-0.2, -0.15) is 0 Å². The number of aryl methyl sites for hydroxylation is 1. The van der Waals surface area contributed by atoms with Gasteiger partial charge in [-0.15, -0.1) is 0 Å². The van der Waals surface area contributed by atoms with Gasteiger partial charge in [-0.1, -0.05) is 26.0 Å². The highest BCUT2D eigenvalue weighted by Crippen LogP contribution is 2.21. The first-order chi connectivity index (χ1) is 9.74. The van der Waals surface area contributed by atoms with Gasteiger partial charge in [0.2, 0.25) is 0 Å². The lowest BCUT2D eigenvalue weighted by Gasteiger charge is -2.19.